The number of carbonyl (C=O) groups excluding carboxylic acids is 2. The number of nitrogens with zero attached hydrogens (tertiary/aromatic N) is 2. The van der Waals surface area contributed by atoms with Gasteiger partial charge in [-0.2, -0.15) is 4.37 Å². The highest BCUT2D eigenvalue weighted by Crippen LogP contribution is 2.34. The van der Waals surface area contributed by atoms with Gasteiger partial charge < -0.3 is 25.8 Å². The summed E-state index contributed by atoms with van der Waals surface area (Å²) in [6.45, 7) is 6.45. The Bertz CT molecular complexity index is 1270. The second-order valence-electron chi connectivity index (χ2n) is 8.75. The molecule has 12 heteroatoms. The van der Waals surface area contributed by atoms with Gasteiger partial charge in [-0.05, 0) is 66.8 Å². The number of aromatic nitrogens is 1. The Morgan fingerprint density at radius 2 is 1.74 bits per heavy atom. The average Bonchev–Trinajstić information content (AvgIpc) is 3.31. The molecule has 200 valence electrons. The van der Waals surface area contributed by atoms with Crippen LogP contribution in [0.2, 0.25) is 0 Å². The van der Waals surface area contributed by atoms with E-state index >= 15 is 0 Å². The third-order valence-corrected chi connectivity index (χ3v) is 6.76. The van der Waals surface area contributed by atoms with Crippen LogP contribution in [0.1, 0.15) is 22.3 Å². The predicted molar refractivity (Wildman–Crippen MR) is 147 cm³/mol. The minimum atomic E-state index is -1.20. The number of aromatic carboxylic acids is 1. The molecule has 2 aromatic carbocycles. The molecule has 0 saturated carbocycles. The van der Waals surface area contributed by atoms with Crippen molar-refractivity contribution in [3.63, 3.8) is 0 Å². The van der Waals surface area contributed by atoms with Gasteiger partial charge in [-0.1, -0.05) is 24.3 Å². The number of benzene rings is 2. The maximum atomic E-state index is 12.4. The van der Waals surface area contributed by atoms with E-state index in [0.29, 0.717) is 28.4 Å². The van der Waals surface area contributed by atoms with Gasteiger partial charge in [0.25, 0.3) is 0 Å². The van der Waals surface area contributed by atoms with E-state index in [2.05, 4.69) is 30.5 Å². The average molecular weight is 539 g/mol. The number of anilines is 3. The van der Waals surface area contributed by atoms with E-state index in [9.17, 15) is 19.5 Å². The van der Waals surface area contributed by atoms with Gasteiger partial charge in [-0.25, -0.2) is 14.4 Å². The number of urea groups is 2. The zero-order valence-electron chi connectivity index (χ0n) is 21.0. The number of carboxylic acid groups (broad SMARTS) is 1. The Kier molecular flexibility index (Phi) is 9.25. The zero-order valence-corrected chi connectivity index (χ0v) is 21.8. The minimum Gasteiger partial charge on any atom is -0.478 e. The van der Waals surface area contributed by atoms with E-state index in [1.165, 1.54) is 0 Å². The van der Waals surface area contributed by atoms with Gasteiger partial charge in [0.2, 0.25) is 0 Å². The van der Waals surface area contributed by atoms with E-state index < -0.39 is 18.0 Å². The number of hydrogen-bond acceptors (Lipinski definition) is 7. The minimum absolute atomic E-state index is 0.0112. The molecule has 5 N–H and O–H groups in total. The molecular formula is C26H30N6O5S. The number of aryl methyl sites for hydroxylation is 1. The van der Waals surface area contributed by atoms with Crippen molar-refractivity contribution in [3.05, 3.63) is 59.7 Å². The fourth-order valence-corrected chi connectivity index (χ4v) is 4.81. The van der Waals surface area contributed by atoms with Crippen molar-refractivity contribution in [2.75, 3.05) is 55.3 Å². The van der Waals surface area contributed by atoms with Crippen LogP contribution in [-0.4, -0.2) is 71.8 Å². The van der Waals surface area contributed by atoms with Gasteiger partial charge in [0.1, 0.15) is 5.56 Å². The normalized spacial score (nSPS) is 13.5. The monoisotopic (exact) mass is 538 g/mol. The number of hydrogen-bond donors (Lipinski definition) is 5. The Labute approximate surface area is 224 Å². The molecule has 11 nitrogen and oxygen atoms in total. The summed E-state index contributed by atoms with van der Waals surface area (Å²) in [6, 6.07) is 13.3. The van der Waals surface area contributed by atoms with Crippen molar-refractivity contribution in [1.29, 1.82) is 0 Å². The molecular weight excluding hydrogens is 508 g/mol. The van der Waals surface area contributed by atoms with Crippen molar-refractivity contribution in [2.24, 2.45) is 0 Å². The molecule has 1 fully saturated rings. The molecule has 3 aromatic rings. The first-order chi connectivity index (χ1) is 18.4. The van der Waals surface area contributed by atoms with Gasteiger partial charge in [0.15, 0.2) is 5.82 Å². The number of carboxylic acids is 1. The van der Waals surface area contributed by atoms with Crippen molar-refractivity contribution >= 4 is 46.8 Å². The largest absolute Gasteiger partial charge is 0.478 e. The van der Waals surface area contributed by atoms with E-state index in [1.807, 2.05) is 25.1 Å². The molecule has 1 aliphatic rings. The molecule has 0 spiro atoms. The highest BCUT2D eigenvalue weighted by molar-refractivity contribution is 7.10. The Hall–Kier alpha value is -4.00. The number of ether oxygens (including phenoxy) is 1. The van der Waals surface area contributed by atoms with Crippen molar-refractivity contribution < 1.29 is 24.2 Å². The summed E-state index contributed by atoms with van der Waals surface area (Å²) in [5, 5.41) is 20.6. The molecule has 0 atom stereocenters. The smallest absolute Gasteiger partial charge is 0.341 e. The summed E-state index contributed by atoms with van der Waals surface area (Å²) >= 11 is 0.978. The van der Waals surface area contributed by atoms with Crippen molar-refractivity contribution in [2.45, 2.75) is 13.3 Å². The molecule has 0 radical (unpaired) electrons. The van der Waals surface area contributed by atoms with Gasteiger partial charge in [-0.3, -0.25) is 10.2 Å². The van der Waals surface area contributed by atoms with E-state index in [-0.39, 0.29) is 11.4 Å². The van der Waals surface area contributed by atoms with Gasteiger partial charge in [-0.15, -0.1) is 0 Å². The van der Waals surface area contributed by atoms with E-state index in [4.69, 9.17) is 4.74 Å². The molecule has 0 unspecified atom stereocenters. The molecule has 1 saturated heterocycles. The Morgan fingerprint density at radius 1 is 1.00 bits per heavy atom. The summed E-state index contributed by atoms with van der Waals surface area (Å²) in [7, 11) is 0. The molecule has 0 aliphatic carbocycles. The van der Waals surface area contributed by atoms with Crippen LogP contribution in [0.5, 0.6) is 0 Å². The first kappa shape index (κ1) is 27.0. The molecule has 4 amide bonds. The fourth-order valence-electron chi connectivity index (χ4n) is 3.97. The van der Waals surface area contributed by atoms with Crippen LogP contribution in [0.3, 0.4) is 0 Å². The first-order valence-electron chi connectivity index (χ1n) is 12.2. The van der Waals surface area contributed by atoms with Gasteiger partial charge in [0.05, 0.1) is 18.1 Å². The topological polar surface area (TPSA) is 145 Å². The summed E-state index contributed by atoms with van der Waals surface area (Å²) < 4.78 is 9.49. The fraction of sp³-hybridized carbons (Fsp3) is 0.308. The number of carbonyl (C=O) groups is 3. The molecule has 1 aliphatic heterocycles. The summed E-state index contributed by atoms with van der Waals surface area (Å²) in [5.41, 5.74) is 2.76. The summed E-state index contributed by atoms with van der Waals surface area (Å²) in [5.74, 6) is -1.21. The zero-order chi connectivity index (χ0) is 26.9. The SMILES string of the molecule is Cc1cccc(NC(=O)Nc2ccc(-c3snc(NC(=O)NCCCN4CCOCC4)c3C(=O)O)cc2)c1. The third-order valence-electron chi connectivity index (χ3n) is 5.86. The lowest BCUT2D eigenvalue weighted by Crippen LogP contribution is -2.38. The van der Waals surface area contributed by atoms with Crippen LogP contribution >= 0.6 is 11.5 Å². The number of amides is 4. The molecule has 0 bridgehead atoms. The molecule has 2 heterocycles. The Balaban J connectivity index is 1.33. The molecule has 38 heavy (non-hydrogen) atoms. The van der Waals surface area contributed by atoms with Crippen molar-refractivity contribution in [3.8, 4) is 10.4 Å². The quantitative estimate of drug-likeness (QED) is 0.255. The highest BCUT2D eigenvalue weighted by Gasteiger charge is 2.23. The lowest BCUT2D eigenvalue weighted by molar-refractivity contribution is 0.0375. The van der Waals surface area contributed by atoms with Crippen molar-refractivity contribution in [1.82, 2.24) is 14.6 Å². The lowest BCUT2D eigenvalue weighted by Gasteiger charge is -2.26. The first-order valence-corrected chi connectivity index (χ1v) is 13.0. The number of nitrogens with one attached hydrogen (secondary N) is 4. The molecule has 4 rings (SSSR count). The lowest BCUT2D eigenvalue weighted by atomic mass is 10.1. The maximum Gasteiger partial charge on any atom is 0.341 e. The third kappa shape index (κ3) is 7.51. The Morgan fingerprint density at radius 3 is 2.45 bits per heavy atom. The van der Waals surface area contributed by atoms with E-state index in [0.717, 1.165) is 56.4 Å². The second kappa shape index (κ2) is 13.0. The van der Waals surface area contributed by atoms with E-state index in [1.54, 1.807) is 30.3 Å². The van der Waals surface area contributed by atoms with Gasteiger partial charge in [0, 0.05) is 31.0 Å². The predicted octanol–water partition coefficient (Wildman–Crippen LogP) is 4.30. The standard InChI is InChI=1S/C26H30N6O5S/c1-17-4-2-5-20(16-17)29-26(36)28-19-8-6-18(7-9-19)22-21(24(33)34)23(31-38-22)30-25(35)27-10-3-11-32-12-14-37-15-13-32/h2,4-9,16H,3,10-15H2,1H3,(H,33,34)(H2,28,29,36)(H2,27,30,31,35). The highest BCUT2D eigenvalue weighted by atomic mass is 32.1. The van der Waals surface area contributed by atoms with Crippen LogP contribution in [0.25, 0.3) is 10.4 Å². The summed E-state index contributed by atoms with van der Waals surface area (Å²) in [6.07, 6.45) is 0.769. The second-order valence-corrected chi connectivity index (χ2v) is 9.53. The van der Waals surface area contributed by atoms with Crippen LogP contribution < -0.4 is 21.3 Å². The van der Waals surface area contributed by atoms with Crippen LogP contribution in [0, 0.1) is 6.92 Å². The number of morpholine rings is 1. The summed E-state index contributed by atoms with van der Waals surface area (Å²) in [4.78, 5) is 39.4. The van der Waals surface area contributed by atoms with Crippen LogP contribution in [0.15, 0.2) is 48.5 Å². The molecule has 1 aromatic heterocycles. The maximum absolute atomic E-state index is 12.4. The number of rotatable bonds is 9. The van der Waals surface area contributed by atoms with Crippen LogP contribution in [0.4, 0.5) is 26.8 Å². The van der Waals surface area contributed by atoms with Gasteiger partial charge >= 0.3 is 18.0 Å². The van der Waals surface area contributed by atoms with Crippen LogP contribution in [-0.2, 0) is 4.74 Å².